The van der Waals surface area contributed by atoms with Crippen LogP contribution in [0.3, 0.4) is 0 Å². The number of primary sulfonamides is 1. The fourth-order valence-electron chi connectivity index (χ4n) is 1.94. The van der Waals surface area contributed by atoms with Crippen LogP contribution in [0.15, 0.2) is 63.3 Å². The van der Waals surface area contributed by atoms with Gasteiger partial charge < -0.3 is 5.32 Å². The minimum Gasteiger partial charge on any atom is -0.332 e. The smallest absolute Gasteiger partial charge is 0.238 e. The van der Waals surface area contributed by atoms with Crippen molar-refractivity contribution in [1.29, 1.82) is 0 Å². The van der Waals surface area contributed by atoms with Crippen LogP contribution < -0.4 is 10.5 Å². The summed E-state index contributed by atoms with van der Waals surface area (Å²) in [5, 5.41) is 10.9. The van der Waals surface area contributed by atoms with Crippen molar-refractivity contribution >= 4 is 48.1 Å². The van der Waals surface area contributed by atoms with E-state index in [1.54, 1.807) is 12.1 Å². The van der Waals surface area contributed by atoms with Crippen molar-refractivity contribution in [3.8, 4) is 11.3 Å². The number of nitrogens with zero attached hydrogens (tertiary/aromatic N) is 1. The van der Waals surface area contributed by atoms with Crippen molar-refractivity contribution in [2.75, 3.05) is 5.32 Å². The Balaban J connectivity index is 1.78. The van der Waals surface area contributed by atoms with Crippen LogP contribution in [-0.2, 0) is 10.0 Å². The Hall–Kier alpha value is -1.74. The number of hydrogen-bond donors (Lipinski definition) is 2. The first-order chi connectivity index (χ1) is 10.9. The second-order valence-corrected chi connectivity index (χ2v) is 8.07. The summed E-state index contributed by atoms with van der Waals surface area (Å²) >= 11 is 4.88. The molecule has 0 saturated heterocycles. The third-order valence-electron chi connectivity index (χ3n) is 3.08. The molecule has 0 amide bonds. The SMILES string of the molecule is NS(=O)(=O)c1ccc(Nc2nc(-c3ccc(Br)cc3)cs2)cc1. The molecule has 118 valence electrons. The Morgan fingerprint density at radius 2 is 1.70 bits per heavy atom. The highest BCUT2D eigenvalue weighted by Crippen LogP contribution is 2.28. The van der Waals surface area contributed by atoms with Gasteiger partial charge in [-0.15, -0.1) is 11.3 Å². The van der Waals surface area contributed by atoms with Gasteiger partial charge in [-0.3, -0.25) is 0 Å². The molecule has 0 fully saturated rings. The predicted octanol–water partition coefficient (Wildman–Crippen LogP) is 3.96. The van der Waals surface area contributed by atoms with Crippen molar-refractivity contribution < 1.29 is 8.42 Å². The third kappa shape index (κ3) is 3.97. The lowest BCUT2D eigenvalue weighted by Crippen LogP contribution is -2.11. The molecule has 3 N–H and O–H groups in total. The molecule has 0 radical (unpaired) electrons. The highest BCUT2D eigenvalue weighted by atomic mass is 79.9. The summed E-state index contributed by atoms with van der Waals surface area (Å²) in [6, 6.07) is 14.1. The molecule has 0 aliphatic rings. The number of benzene rings is 2. The zero-order chi connectivity index (χ0) is 16.4. The largest absolute Gasteiger partial charge is 0.332 e. The van der Waals surface area contributed by atoms with E-state index in [-0.39, 0.29) is 4.90 Å². The van der Waals surface area contributed by atoms with Gasteiger partial charge in [-0.25, -0.2) is 18.5 Å². The molecule has 0 aliphatic carbocycles. The number of anilines is 2. The molecule has 0 spiro atoms. The van der Waals surface area contributed by atoms with E-state index in [0.717, 1.165) is 26.5 Å². The maximum atomic E-state index is 11.2. The Bertz CT molecular complexity index is 920. The fraction of sp³-hybridized carbons (Fsp3) is 0. The molecule has 0 unspecified atom stereocenters. The van der Waals surface area contributed by atoms with E-state index in [2.05, 4.69) is 26.2 Å². The van der Waals surface area contributed by atoms with Crippen LogP contribution >= 0.6 is 27.3 Å². The van der Waals surface area contributed by atoms with Crippen LogP contribution in [0.25, 0.3) is 11.3 Å². The summed E-state index contributed by atoms with van der Waals surface area (Å²) in [4.78, 5) is 4.61. The minimum absolute atomic E-state index is 0.0812. The topological polar surface area (TPSA) is 85.1 Å². The normalized spacial score (nSPS) is 11.4. The lowest BCUT2D eigenvalue weighted by atomic mass is 10.2. The Kier molecular flexibility index (Phi) is 4.49. The standard InChI is InChI=1S/C15H12BrN3O2S2/c16-11-3-1-10(2-4-11)14-9-22-15(19-14)18-12-5-7-13(8-6-12)23(17,20)21/h1-9H,(H,18,19)(H2,17,20,21). The van der Waals surface area contributed by atoms with Crippen LogP contribution in [0.5, 0.6) is 0 Å². The van der Waals surface area contributed by atoms with Gasteiger partial charge in [0.15, 0.2) is 5.13 Å². The average Bonchev–Trinajstić information content (AvgIpc) is 2.96. The molecule has 3 rings (SSSR count). The first-order valence-electron chi connectivity index (χ1n) is 6.53. The number of hydrogen-bond acceptors (Lipinski definition) is 5. The molecule has 23 heavy (non-hydrogen) atoms. The van der Waals surface area contributed by atoms with Crippen molar-refractivity contribution in [2.45, 2.75) is 4.90 Å². The molecule has 1 heterocycles. The third-order valence-corrected chi connectivity index (χ3v) is 5.29. The van der Waals surface area contributed by atoms with Crippen LogP contribution in [0.2, 0.25) is 0 Å². The van der Waals surface area contributed by atoms with Gasteiger partial charge in [0.25, 0.3) is 0 Å². The van der Waals surface area contributed by atoms with Gasteiger partial charge >= 0.3 is 0 Å². The Morgan fingerprint density at radius 1 is 1.04 bits per heavy atom. The number of rotatable bonds is 4. The molecule has 0 saturated carbocycles. The van der Waals surface area contributed by atoms with Gasteiger partial charge in [-0.2, -0.15) is 0 Å². The molecule has 8 heteroatoms. The molecule has 3 aromatic rings. The summed E-state index contributed by atoms with van der Waals surface area (Å²) in [7, 11) is -3.67. The van der Waals surface area contributed by atoms with E-state index in [1.165, 1.54) is 23.5 Å². The Morgan fingerprint density at radius 3 is 2.30 bits per heavy atom. The monoisotopic (exact) mass is 409 g/mol. The van der Waals surface area contributed by atoms with E-state index < -0.39 is 10.0 Å². The van der Waals surface area contributed by atoms with Crippen molar-refractivity contribution in [3.63, 3.8) is 0 Å². The average molecular weight is 410 g/mol. The summed E-state index contributed by atoms with van der Waals surface area (Å²) < 4.78 is 23.5. The van der Waals surface area contributed by atoms with Gasteiger partial charge in [0, 0.05) is 21.1 Å². The van der Waals surface area contributed by atoms with E-state index in [0.29, 0.717) is 0 Å². The van der Waals surface area contributed by atoms with Crippen LogP contribution in [0.1, 0.15) is 0 Å². The zero-order valence-corrected chi connectivity index (χ0v) is 15.0. The summed E-state index contributed by atoms with van der Waals surface area (Å²) in [5.41, 5.74) is 2.65. The van der Waals surface area contributed by atoms with Gasteiger partial charge in [0.05, 0.1) is 10.6 Å². The van der Waals surface area contributed by atoms with Crippen LogP contribution in [-0.4, -0.2) is 13.4 Å². The number of aromatic nitrogens is 1. The molecule has 0 aliphatic heterocycles. The maximum absolute atomic E-state index is 11.2. The summed E-state index contributed by atoms with van der Waals surface area (Å²) in [5.74, 6) is 0. The molecule has 2 aromatic carbocycles. The second-order valence-electron chi connectivity index (χ2n) is 4.74. The quantitative estimate of drug-likeness (QED) is 0.682. The highest BCUT2D eigenvalue weighted by Gasteiger charge is 2.08. The second kappa shape index (κ2) is 6.40. The van der Waals surface area contributed by atoms with Crippen LogP contribution in [0.4, 0.5) is 10.8 Å². The molecule has 0 atom stereocenters. The number of halogens is 1. The van der Waals surface area contributed by atoms with E-state index in [9.17, 15) is 8.42 Å². The van der Waals surface area contributed by atoms with Crippen molar-refractivity contribution in [3.05, 3.63) is 58.4 Å². The number of nitrogens with one attached hydrogen (secondary N) is 1. The van der Waals surface area contributed by atoms with E-state index in [4.69, 9.17) is 5.14 Å². The molecular formula is C15H12BrN3O2S2. The first-order valence-corrected chi connectivity index (χ1v) is 9.75. The van der Waals surface area contributed by atoms with Gasteiger partial charge in [0.2, 0.25) is 10.0 Å². The van der Waals surface area contributed by atoms with Gasteiger partial charge in [-0.05, 0) is 36.4 Å². The van der Waals surface area contributed by atoms with Gasteiger partial charge in [-0.1, -0.05) is 28.1 Å². The Labute approximate surface area is 146 Å². The molecular weight excluding hydrogens is 398 g/mol. The van der Waals surface area contributed by atoms with E-state index >= 15 is 0 Å². The molecule has 0 bridgehead atoms. The number of nitrogens with two attached hydrogens (primary N) is 1. The molecule has 1 aromatic heterocycles. The lowest BCUT2D eigenvalue weighted by molar-refractivity contribution is 0.598. The van der Waals surface area contributed by atoms with Crippen LogP contribution in [0, 0.1) is 0 Å². The van der Waals surface area contributed by atoms with E-state index in [1.807, 2.05) is 29.6 Å². The van der Waals surface area contributed by atoms with Crippen molar-refractivity contribution in [1.82, 2.24) is 4.98 Å². The fourth-order valence-corrected chi connectivity index (χ4v) is 3.46. The summed E-state index contributed by atoms with van der Waals surface area (Å²) in [6.07, 6.45) is 0. The zero-order valence-electron chi connectivity index (χ0n) is 11.7. The van der Waals surface area contributed by atoms with Crippen molar-refractivity contribution in [2.24, 2.45) is 5.14 Å². The maximum Gasteiger partial charge on any atom is 0.238 e. The number of thiazole rings is 1. The highest BCUT2D eigenvalue weighted by molar-refractivity contribution is 9.10. The summed E-state index contributed by atoms with van der Waals surface area (Å²) in [6.45, 7) is 0. The first kappa shape index (κ1) is 16.1. The van der Waals surface area contributed by atoms with Gasteiger partial charge in [0.1, 0.15) is 0 Å². The minimum atomic E-state index is -3.67. The number of sulfonamides is 1. The molecule has 5 nitrogen and oxygen atoms in total. The lowest BCUT2D eigenvalue weighted by Gasteiger charge is -2.03. The predicted molar refractivity (Wildman–Crippen MR) is 96.3 cm³/mol.